The Labute approximate surface area is 169 Å². The summed E-state index contributed by atoms with van der Waals surface area (Å²) < 4.78 is 43.9. The van der Waals surface area contributed by atoms with Crippen molar-refractivity contribution < 1.29 is 27.4 Å². The molecule has 0 radical (unpaired) electrons. The molecular weight excluding hydrogens is 396 g/mol. The molecule has 0 saturated carbocycles. The smallest absolute Gasteiger partial charge is 0.269 e. The van der Waals surface area contributed by atoms with E-state index in [1.54, 1.807) is 37.3 Å². The number of aryl methyl sites for hydroxylation is 1. The molecule has 0 bridgehead atoms. The number of sulfonamides is 1. The lowest BCUT2D eigenvalue weighted by Gasteiger charge is -2.27. The zero-order valence-corrected chi connectivity index (χ0v) is 16.8. The maximum absolute atomic E-state index is 13.0. The van der Waals surface area contributed by atoms with Crippen molar-refractivity contribution in [3.8, 4) is 11.5 Å². The summed E-state index contributed by atoms with van der Waals surface area (Å²) in [4.78, 5) is 12.8. The van der Waals surface area contributed by atoms with Crippen LogP contribution in [0.2, 0.25) is 0 Å². The van der Waals surface area contributed by atoms with Crippen molar-refractivity contribution in [3.05, 3.63) is 48.0 Å². The number of ether oxygens (including phenoxy) is 3. The average Bonchev–Trinajstić information content (AvgIpc) is 2.75. The fraction of sp³-hybridized carbons (Fsp3) is 0.350. The van der Waals surface area contributed by atoms with Gasteiger partial charge in [0.1, 0.15) is 6.61 Å². The Morgan fingerprint density at radius 1 is 1.10 bits per heavy atom. The number of hydrogen-bond donors (Lipinski definition) is 1. The number of hydrogen-bond acceptors (Lipinski definition) is 6. The predicted molar refractivity (Wildman–Crippen MR) is 106 cm³/mol. The Hall–Kier alpha value is -2.62. The SMILES string of the molecule is Cc1ccc(NC(=O)[C@H]2COc3ccccc3O2)cc1S(=O)(=O)N1CCOCC1. The van der Waals surface area contributed by atoms with E-state index in [0.717, 1.165) is 0 Å². The van der Waals surface area contributed by atoms with E-state index in [1.807, 2.05) is 6.07 Å². The Morgan fingerprint density at radius 3 is 2.59 bits per heavy atom. The molecule has 1 saturated heterocycles. The standard InChI is InChI=1S/C20H22N2O6S/c1-14-6-7-15(12-19(14)29(24,25)22-8-10-26-11-9-22)21-20(23)18-13-27-16-4-2-3-5-17(16)28-18/h2-7,12,18H,8-11,13H2,1H3,(H,21,23)/t18-/m1/s1. The summed E-state index contributed by atoms with van der Waals surface area (Å²) in [5.74, 6) is 0.683. The summed E-state index contributed by atoms with van der Waals surface area (Å²) in [6.07, 6.45) is -0.828. The van der Waals surface area contributed by atoms with Crippen LogP contribution in [0.4, 0.5) is 5.69 Å². The minimum Gasteiger partial charge on any atom is -0.485 e. The zero-order valence-electron chi connectivity index (χ0n) is 16.0. The summed E-state index contributed by atoms with van der Waals surface area (Å²) in [6.45, 7) is 3.17. The summed E-state index contributed by atoms with van der Waals surface area (Å²) in [6, 6.07) is 12.0. The van der Waals surface area contributed by atoms with Crippen LogP contribution in [-0.2, 0) is 19.6 Å². The fourth-order valence-electron chi connectivity index (χ4n) is 3.25. The van der Waals surface area contributed by atoms with Gasteiger partial charge in [0, 0.05) is 18.8 Å². The number of nitrogens with one attached hydrogen (secondary N) is 1. The molecule has 2 aliphatic rings. The van der Waals surface area contributed by atoms with Gasteiger partial charge in [-0.25, -0.2) is 8.42 Å². The van der Waals surface area contributed by atoms with Gasteiger partial charge in [0.05, 0.1) is 18.1 Å². The van der Waals surface area contributed by atoms with Gasteiger partial charge in [-0.15, -0.1) is 0 Å². The number of rotatable bonds is 4. The average molecular weight is 418 g/mol. The molecule has 2 aliphatic heterocycles. The molecule has 2 aromatic rings. The van der Waals surface area contributed by atoms with Crippen LogP contribution >= 0.6 is 0 Å². The van der Waals surface area contributed by atoms with Gasteiger partial charge < -0.3 is 19.5 Å². The second kappa shape index (κ2) is 8.02. The van der Waals surface area contributed by atoms with E-state index in [1.165, 1.54) is 10.4 Å². The summed E-state index contributed by atoms with van der Waals surface area (Å²) in [5, 5.41) is 2.73. The van der Waals surface area contributed by atoms with Gasteiger partial charge in [-0.05, 0) is 36.8 Å². The first kappa shape index (κ1) is 19.7. The third-order valence-corrected chi connectivity index (χ3v) is 6.89. The molecule has 4 rings (SSSR count). The van der Waals surface area contributed by atoms with E-state index in [9.17, 15) is 13.2 Å². The fourth-order valence-corrected chi connectivity index (χ4v) is 4.91. The van der Waals surface area contributed by atoms with Gasteiger partial charge in [0.15, 0.2) is 11.5 Å². The van der Waals surface area contributed by atoms with Gasteiger partial charge >= 0.3 is 0 Å². The first-order chi connectivity index (χ1) is 13.9. The van der Waals surface area contributed by atoms with E-state index in [2.05, 4.69) is 5.32 Å². The lowest BCUT2D eigenvalue weighted by atomic mass is 10.2. The van der Waals surface area contributed by atoms with Gasteiger partial charge in [-0.2, -0.15) is 4.31 Å². The lowest BCUT2D eigenvalue weighted by Crippen LogP contribution is -2.41. The van der Waals surface area contributed by atoms with Crippen molar-refractivity contribution >= 4 is 21.6 Å². The molecule has 29 heavy (non-hydrogen) atoms. The molecule has 0 spiro atoms. The van der Waals surface area contributed by atoms with Crippen LogP contribution in [-0.4, -0.2) is 57.6 Å². The number of fused-ring (bicyclic) bond motifs is 1. The third-order valence-electron chi connectivity index (χ3n) is 4.84. The van der Waals surface area contributed by atoms with Crippen LogP contribution in [0.25, 0.3) is 0 Å². The first-order valence-corrected chi connectivity index (χ1v) is 10.8. The van der Waals surface area contributed by atoms with Crippen LogP contribution in [0, 0.1) is 6.92 Å². The van der Waals surface area contributed by atoms with Crippen molar-refractivity contribution in [2.75, 3.05) is 38.2 Å². The van der Waals surface area contributed by atoms with E-state index < -0.39 is 22.0 Å². The highest BCUT2D eigenvalue weighted by Crippen LogP contribution is 2.31. The van der Waals surface area contributed by atoms with Crippen LogP contribution in [0.15, 0.2) is 47.4 Å². The second-order valence-electron chi connectivity index (χ2n) is 6.85. The topological polar surface area (TPSA) is 94.2 Å². The van der Waals surface area contributed by atoms with Gasteiger partial charge in [0.2, 0.25) is 16.1 Å². The Balaban J connectivity index is 1.51. The first-order valence-electron chi connectivity index (χ1n) is 9.33. The maximum atomic E-state index is 13.0. The molecule has 2 heterocycles. The molecule has 9 heteroatoms. The van der Waals surface area contributed by atoms with Crippen molar-refractivity contribution in [2.45, 2.75) is 17.9 Å². The Kier molecular flexibility index (Phi) is 5.44. The van der Waals surface area contributed by atoms with E-state index in [4.69, 9.17) is 14.2 Å². The molecule has 1 N–H and O–H groups in total. The van der Waals surface area contributed by atoms with Crippen LogP contribution < -0.4 is 14.8 Å². The monoisotopic (exact) mass is 418 g/mol. The van der Waals surface area contributed by atoms with Crippen LogP contribution in [0.3, 0.4) is 0 Å². The van der Waals surface area contributed by atoms with Crippen LogP contribution in [0.5, 0.6) is 11.5 Å². The highest BCUT2D eigenvalue weighted by Gasteiger charge is 2.30. The molecule has 1 amide bonds. The van der Waals surface area contributed by atoms with Crippen LogP contribution in [0.1, 0.15) is 5.56 Å². The zero-order chi connectivity index (χ0) is 20.4. The molecule has 8 nitrogen and oxygen atoms in total. The number of nitrogens with zero attached hydrogens (tertiary/aromatic N) is 1. The maximum Gasteiger partial charge on any atom is 0.269 e. The molecule has 0 unspecified atom stereocenters. The van der Waals surface area contributed by atoms with Crippen molar-refractivity contribution in [1.29, 1.82) is 0 Å². The van der Waals surface area contributed by atoms with E-state index in [0.29, 0.717) is 49.1 Å². The number of benzene rings is 2. The quantitative estimate of drug-likeness (QED) is 0.814. The number of amides is 1. The molecule has 154 valence electrons. The number of carbonyl (C=O) groups is 1. The van der Waals surface area contributed by atoms with Crippen molar-refractivity contribution in [2.24, 2.45) is 0 Å². The third kappa shape index (κ3) is 4.07. The number of anilines is 1. The highest BCUT2D eigenvalue weighted by molar-refractivity contribution is 7.89. The number of morpholine rings is 1. The summed E-state index contributed by atoms with van der Waals surface area (Å²) in [7, 11) is -3.67. The highest BCUT2D eigenvalue weighted by atomic mass is 32.2. The Bertz CT molecular complexity index is 1020. The van der Waals surface area contributed by atoms with Gasteiger partial charge in [-0.3, -0.25) is 4.79 Å². The largest absolute Gasteiger partial charge is 0.485 e. The minimum absolute atomic E-state index is 0.0770. The molecule has 1 fully saturated rings. The summed E-state index contributed by atoms with van der Waals surface area (Å²) in [5.41, 5.74) is 0.996. The van der Waals surface area contributed by atoms with Crippen molar-refractivity contribution in [1.82, 2.24) is 4.31 Å². The second-order valence-corrected chi connectivity index (χ2v) is 8.76. The number of carbonyl (C=O) groups excluding carboxylic acids is 1. The molecule has 0 aromatic heterocycles. The summed E-state index contributed by atoms with van der Waals surface area (Å²) >= 11 is 0. The van der Waals surface area contributed by atoms with Gasteiger partial charge in [0.25, 0.3) is 5.91 Å². The molecule has 0 aliphatic carbocycles. The van der Waals surface area contributed by atoms with Crippen molar-refractivity contribution in [3.63, 3.8) is 0 Å². The lowest BCUT2D eigenvalue weighted by molar-refractivity contribution is -0.125. The predicted octanol–water partition coefficient (Wildman–Crippen LogP) is 1.79. The van der Waals surface area contributed by atoms with E-state index in [-0.39, 0.29) is 11.5 Å². The Morgan fingerprint density at radius 2 is 1.83 bits per heavy atom. The minimum atomic E-state index is -3.67. The van der Waals surface area contributed by atoms with Gasteiger partial charge in [-0.1, -0.05) is 18.2 Å². The normalized spacial score (nSPS) is 19.6. The molecule has 1 atom stereocenters. The number of para-hydroxylation sites is 2. The molecular formula is C20H22N2O6S. The molecule has 2 aromatic carbocycles. The van der Waals surface area contributed by atoms with E-state index >= 15 is 0 Å².